The smallest absolute Gasteiger partial charge is 0.151 e. The summed E-state index contributed by atoms with van der Waals surface area (Å²) in [6.07, 6.45) is 0. The van der Waals surface area contributed by atoms with Crippen LogP contribution in [0.1, 0.15) is 27.7 Å². The van der Waals surface area contributed by atoms with E-state index in [1.165, 1.54) is 0 Å². The summed E-state index contributed by atoms with van der Waals surface area (Å²) in [4.78, 5) is 2.33. The minimum absolute atomic E-state index is 0.251. The molecule has 1 N–H and O–H groups in total. The third-order valence-corrected chi connectivity index (χ3v) is 5.24. The molecule has 1 aliphatic rings. The Kier molecular flexibility index (Phi) is 5.41. The minimum atomic E-state index is -2.85. The molecule has 0 amide bonds. The standard InChI is InChI=1S/C12H26N2O2S/c1-5-17(15,16)7-6-14-9-11(4)13-8-12(14)10(2)3/h10-13H,5-9H2,1-4H3. The van der Waals surface area contributed by atoms with Crippen molar-refractivity contribution in [2.45, 2.75) is 39.8 Å². The first kappa shape index (κ1) is 14.9. The quantitative estimate of drug-likeness (QED) is 0.794. The summed E-state index contributed by atoms with van der Waals surface area (Å²) in [6.45, 7) is 10.8. The van der Waals surface area contributed by atoms with Crippen LogP contribution in [0.15, 0.2) is 0 Å². The second-order valence-corrected chi connectivity index (χ2v) is 7.82. The second kappa shape index (κ2) is 6.16. The number of nitrogens with one attached hydrogen (secondary N) is 1. The fourth-order valence-corrected chi connectivity index (χ4v) is 3.12. The first-order valence-corrected chi connectivity index (χ1v) is 8.35. The molecule has 0 saturated carbocycles. The molecule has 102 valence electrons. The third kappa shape index (κ3) is 4.56. The van der Waals surface area contributed by atoms with Crippen molar-refractivity contribution in [3.05, 3.63) is 0 Å². The van der Waals surface area contributed by atoms with Crippen LogP contribution in [0.2, 0.25) is 0 Å². The molecule has 2 atom stereocenters. The van der Waals surface area contributed by atoms with Gasteiger partial charge in [0.15, 0.2) is 9.84 Å². The van der Waals surface area contributed by atoms with E-state index in [2.05, 4.69) is 31.0 Å². The Morgan fingerprint density at radius 3 is 2.59 bits per heavy atom. The normalized spacial score (nSPS) is 27.6. The molecule has 0 aliphatic carbocycles. The number of rotatable bonds is 5. The minimum Gasteiger partial charge on any atom is -0.311 e. The Hall–Kier alpha value is -0.130. The average molecular weight is 262 g/mol. The van der Waals surface area contributed by atoms with Crippen LogP contribution in [0.5, 0.6) is 0 Å². The van der Waals surface area contributed by atoms with Gasteiger partial charge in [0.25, 0.3) is 0 Å². The first-order valence-electron chi connectivity index (χ1n) is 6.53. The molecule has 1 saturated heterocycles. The third-order valence-electron chi connectivity index (χ3n) is 3.55. The van der Waals surface area contributed by atoms with Crippen molar-refractivity contribution < 1.29 is 8.42 Å². The van der Waals surface area contributed by atoms with Gasteiger partial charge in [-0.3, -0.25) is 4.90 Å². The molecule has 1 heterocycles. The summed E-state index contributed by atoms with van der Waals surface area (Å²) in [5.74, 6) is 1.10. The van der Waals surface area contributed by atoms with Crippen LogP contribution < -0.4 is 5.32 Å². The van der Waals surface area contributed by atoms with Crippen molar-refractivity contribution in [1.29, 1.82) is 0 Å². The van der Waals surface area contributed by atoms with Gasteiger partial charge in [-0.25, -0.2) is 8.42 Å². The van der Waals surface area contributed by atoms with E-state index in [9.17, 15) is 8.42 Å². The second-order valence-electron chi connectivity index (χ2n) is 5.35. The van der Waals surface area contributed by atoms with Gasteiger partial charge in [-0.1, -0.05) is 20.8 Å². The molecule has 0 radical (unpaired) electrons. The van der Waals surface area contributed by atoms with Gasteiger partial charge in [-0.15, -0.1) is 0 Å². The van der Waals surface area contributed by atoms with Crippen molar-refractivity contribution in [1.82, 2.24) is 10.2 Å². The molecular weight excluding hydrogens is 236 g/mol. The van der Waals surface area contributed by atoms with Crippen molar-refractivity contribution in [3.8, 4) is 0 Å². The highest BCUT2D eigenvalue weighted by Crippen LogP contribution is 2.15. The summed E-state index contributed by atoms with van der Waals surface area (Å²) in [5.41, 5.74) is 0. The summed E-state index contributed by atoms with van der Waals surface area (Å²) in [6, 6.07) is 0.910. The average Bonchev–Trinajstić information content (AvgIpc) is 2.26. The first-order chi connectivity index (χ1) is 7.85. The van der Waals surface area contributed by atoms with Crippen LogP contribution in [0.4, 0.5) is 0 Å². The highest BCUT2D eigenvalue weighted by atomic mass is 32.2. The van der Waals surface area contributed by atoms with E-state index in [1.807, 2.05) is 0 Å². The molecule has 0 aromatic rings. The summed E-state index contributed by atoms with van der Waals surface area (Å²) >= 11 is 0. The van der Waals surface area contributed by atoms with E-state index < -0.39 is 9.84 Å². The zero-order valence-electron chi connectivity index (χ0n) is 11.4. The summed E-state index contributed by atoms with van der Waals surface area (Å²) in [7, 11) is -2.85. The topological polar surface area (TPSA) is 49.4 Å². The van der Waals surface area contributed by atoms with E-state index in [-0.39, 0.29) is 5.75 Å². The van der Waals surface area contributed by atoms with Crippen molar-refractivity contribution in [2.75, 3.05) is 31.1 Å². The van der Waals surface area contributed by atoms with Gasteiger partial charge in [-0.2, -0.15) is 0 Å². The fraction of sp³-hybridized carbons (Fsp3) is 1.00. The number of piperazine rings is 1. The van der Waals surface area contributed by atoms with Gasteiger partial charge in [0.1, 0.15) is 0 Å². The monoisotopic (exact) mass is 262 g/mol. The predicted octanol–water partition coefficient (Wildman–Crippen LogP) is 0.739. The van der Waals surface area contributed by atoms with Crippen molar-refractivity contribution in [2.24, 2.45) is 5.92 Å². The van der Waals surface area contributed by atoms with Gasteiger partial charge in [0.05, 0.1) is 5.75 Å². The van der Waals surface area contributed by atoms with E-state index >= 15 is 0 Å². The largest absolute Gasteiger partial charge is 0.311 e. The van der Waals surface area contributed by atoms with Crippen LogP contribution in [-0.4, -0.2) is 56.5 Å². The van der Waals surface area contributed by atoms with Gasteiger partial charge < -0.3 is 5.32 Å². The highest BCUT2D eigenvalue weighted by molar-refractivity contribution is 7.91. The molecule has 1 aliphatic heterocycles. The predicted molar refractivity (Wildman–Crippen MR) is 72.0 cm³/mol. The zero-order valence-corrected chi connectivity index (χ0v) is 12.3. The zero-order chi connectivity index (χ0) is 13.1. The number of hydrogen-bond donors (Lipinski definition) is 1. The molecule has 4 nitrogen and oxygen atoms in total. The van der Waals surface area contributed by atoms with Crippen LogP contribution in [0, 0.1) is 5.92 Å². The number of hydrogen-bond acceptors (Lipinski definition) is 4. The molecule has 1 rings (SSSR count). The SMILES string of the molecule is CCS(=O)(=O)CCN1CC(C)NCC1C(C)C. The lowest BCUT2D eigenvalue weighted by atomic mass is 9.99. The van der Waals surface area contributed by atoms with Crippen molar-refractivity contribution >= 4 is 9.84 Å². The van der Waals surface area contributed by atoms with Crippen LogP contribution in [0.25, 0.3) is 0 Å². The molecule has 17 heavy (non-hydrogen) atoms. The molecule has 0 spiro atoms. The Morgan fingerprint density at radius 2 is 2.06 bits per heavy atom. The molecule has 0 bridgehead atoms. The van der Waals surface area contributed by atoms with Crippen LogP contribution in [-0.2, 0) is 9.84 Å². The van der Waals surface area contributed by atoms with Gasteiger partial charge in [0, 0.05) is 37.5 Å². The van der Waals surface area contributed by atoms with Gasteiger partial charge in [0.2, 0.25) is 0 Å². The number of nitrogens with zero attached hydrogens (tertiary/aromatic N) is 1. The molecule has 1 fully saturated rings. The maximum absolute atomic E-state index is 11.6. The molecule has 0 aromatic carbocycles. The maximum atomic E-state index is 11.6. The molecule has 2 unspecified atom stereocenters. The Labute approximate surface area is 106 Å². The van der Waals surface area contributed by atoms with Gasteiger partial charge in [-0.05, 0) is 12.8 Å². The van der Waals surface area contributed by atoms with E-state index in [0.29, 0.717) is 30.3 Å². The Balaban J connectivity index is 2.58. The summed E-state index contributed by atoms with van der Waals surface area (Å²) < 4.78 is 23.1. The molecule has 0 aromatic heterocycles. The lowest BCUT2D eigenvalue weighted by Gasteiger charge is -2.41. The van der Waals surface area contributed by atoms with E-state index in [1.54, 1.807) is 6.92 Å². The Bertz CT molecular complexity index is 327. The van der Waals surface area contributed by atoms with Crippen LogP contribution >= 0.6 is 0 Å². The lowest BCUT2D eigenvalue weighted by molar-refractivity contribution is 0.110. The molecule has 5 heteroatoms. The van der Waals surface area contributed by atoms with Crippen LogP contribution in [0.3, 0.4) is 0 Å². The summed E-state index contributed by atoms with van der Waals surface area (Å²) in [5, 5.41) is 3.46. The van der Waals surface area contributed by atoms with Gasteiger partial charge >= 0.3 is 0 Å². The van der Waals surface area contributed by atoms with Crippen molar-refractivity contribution in [3.63, 3.8) is 0 Å². The Morgan fingerprint density at radius 1 is 1.41 bits per heavy atom. The van der Waals surface area contributed by atoms with E-state index in [0.717, 1.165) is 13.1 Å². The molecular formula is C12H26N2O2S. The van der Waals surface area contributed by atoms with E-state index in [4.69, 9.17) is 0 Å². The fourth-order valence-electron chi connectivity index (χ4n) is 2.32. The maximum Gasteiger partial charge on any atom is 0.151 e. The highest BCUT2D eigenvalue weighted by Gasteiger charge is 2.28. The lowest BCUT2D eigenvalue weighted by Crippen LogP contribution is -2.58. The number of sulfone groups is 1.